The van der Waals surface area contributed by atoms with E-state index in [0.717, 1.165) is 7.11 Å². The Morgan fingerprint density at radius 3 is 2.28 bits per heavy atom. The van der Waals surface area contributed by atoms with E-state index in [9.17, 15) is 53.4 Å². The van der Waals surface area contributed by atoms with E-state index in [4.69, 9.17) is 4.74 Å². The van der Waals surface area contributed by atoms with Crippen LogP contribution in [0, 0.1) is 5.92 Å². The zero-order valence-corrected chi connectivity index (χ0v) is 35.6. The molecular formula is C43H53N9O12. The van der Waals surface area contributed by atoms with Gasteiger partial charge in [-0.05, 0) is 54.5 Å². The lowest BCUT2D eigenvalue weighted by Crippen LogP contribution is -2.58. The van der Waals surface area contributed by atoms with Gasteiger partial charge < -0.3 is 61.6 Å². The predicted molar refractivity (Wildman–Crippen MR) is 225 cm³/mol. The number of carbonyl (C=O) groups excluding carboxylic acids is 9. The molecule has 2 saturated heterocycles. The highest BCUT2D eigenvalue weighted by Crippen LogP contribution is 2.27. The van der Waals surface area contributed by atoms with Gasteiger partial charge >= 0.3 is 5.97 Å². The van der Waals surface area contributed by atoms with E-state index in [0.29, 0.717) is 28.5 Å². The maximum absolute atomic E-state index is 14.7. The smallest absolute Gasteiger partial charge is 0.328 e. The molecule has 0 spiro atoms. The number of para-hydroxylation sites is 1. The van der Waals surface area contributed by atoms with Crippen molar-refractivity contribution >= 4 is 64.1 Å². The van der Waals surface area contributed by atoms with Gasteiger partial charge in [0, 0.05) is 37.4 Å². The summed E-state index contributed by atoms with van der Waals surface area (Å²) in [6, 6.07) is 5.28. The summed E-state index contributed by atoms with van der Waals surface area (Å²) in [6.45, 7) is 2.02. The van der Waals surface area contributed by atoms with Gasteiger partial charge in [-0.2, -0.15) is 0 Å². The molecule has 64 heavy (non-hydrogen) atoms. The number of phenols is 1. The number of likely N-dealkylation sites (tertiary alicyclic amines) is 1. The zero-order chi connectivity index (χ0) is 46.2. The Hall–Kier alpha value is -7.03. The lowest BCUT2D eigenvalue weighted by molar-refractivity contribution is -0.145. The second kappa shape index (κ2) is 20.4. The number of nitrogens with zero attached hydrogens (tertiary/aromatic N) is 2. The summed E-state index contributed by atoms with van der Waals surface area (Å²) in [5.74, 6) is -7.15. The number of aromatic hydroxyl groups is 1. The number of aliphatic hydroxyl groups is 1. The van der Waals surface area contributed by atoms with Gasteiger partial charge in [0.2, 0.25) is 41.4 Å². The fourth-order valence-electron chi connectivity index (χ4n) is 8.11. The molecule has 0 unspecified atom stereocenters. The second-order valence-electron chi connectivity index (χ2n) is 16.3. The van der Waals surface area contributed by atoms with Crippen LogP contribution in [0.1, 0.15) is 56.8 Å². The van der Waals surface area contributed by atoms with Crippen molar-refractivity contribution in [3.8, 4) is 5.75 Å². The number of aliphatic hydroxyl groups excluding tert-OH is 1. The van der Waals surface area contributed by atoms with Gasteiger partial charge in [-0.25, -0.2) is 4.79 Å². The molecule has 0 radical (unpaired) electrons. The standard InChI is InChI=1S/C43H53N9O12/c1-22(2)35-40(60)44-19-34(56)46-30(21-53)38(58)48-29(43(63)64-3)18-24-20-52(31-8-5-4-7-26(24)31)36(41(61)49-35)50-37(57)28(17-23-10-12-25(54)13-11-23)47-39(59)32-9-6-16-51(32)42(62)27-14-15-33(55)45-27/h4-5,7-8,10-13,20,22,27-30,32,35-36,53-54H,6,9,14-19,21H2,1-3H3,(H,44,60)(H,45,55)(H,46,56)(H,47,59)(H,48,58)(H,49,61)(H,50,57)/t27-,28-,29-,30-,32-,35-,36+/m0/s1. The number of rotatable bonds is 10. The molecule has 7 atom stereocenters. The number of fused-ring (bicyclic) bond motifs is 5. The zero-order valence-electron chi connectivity index (χ0n) is 35.6. The number of esters is 1. The van der Waals surface area contributed by atoms with Crippen LogP contribution < -0.4 is 37.2 Å². The molecular weight excluding hydrogens is 835 g/mol. The van der Waals surface area contributed by atoms with E-state index < -0.39 is 109 Å². The van der Waals surface area contributed by atoms with Crippen LogP contribution in [0.15, 0.2) is 54.7 Å². The number of amides is 8. The van der Waals surface area contributed by atoms with E-state index in [1.165, 1.54) is 27.8 Å². The Labute approximate surface area is 367 Å². The van der Waals surface area contributed by atoms with Gasteiger partial charge in [0.05, 0.1) is 25.8 Å². The maximum Gasteiger partial charge on any atom is 0.328 e. The summed E-state index contributed by atoms with van der Waals surface area (Å²) in [5, 5.41) is 38.6. The van der Waals surface area contributed by atoms with Crippen molar-refractivity contribution in [2.24, 2.45) is 5.92 Å². The summed E-state index contributed by atoms with van der Waals surface area (Å²) in [7, 11) is 1.11. The lowest BCUT2D eigenvalue weighted by Gasteiger charge is -2.30. The van der Waals surface area contributed by atoms with E-state index in [1.807, 2.05) is 0 Å². The molecule has 2 aromatic carbocycles. The SMILES string of the molecule is COC(=O)[C@@H]1Cc2cn(c3ccccc23)[C@@H](NC(=O)[C@H](Cc2ccc(O)cc2)NC(=O)[C@@H]2CCCN2C(=O)[C@@H]2CCC(=O)N2)C(=O)N[C@@H](C(C)C)C(=O)NCC(=O)N[C@@H](CO)C(=O)N1. The Bertz CT molecular complexity index is 2300. The van der Waals surface area contributed by atoms with Gasteiger partial charge in [0.1, 0.15) is 42.0 Å². The van der Waals surface area contributed by atoms with Gasteiger partial charge in [0.15, 0.2) is 6.17 Å². The van der Waals surface area contributed by atoms with Crippen molar-refractivity contribution in [2.45, 2.75) is 94.8 Å². The van der Waals surface area contributed by atoms with Gasteiger partial charge in [-0.3, -0.25) is 38.4 Å². The van der Waals surface area contributed by atoms with Crippen molar-refractivity contribution in [3.63, 3.8) is 0 Å². The molecule has 0 saturated carbocycles. The molecule has 342 valence electrons. The summed E-state index contributed by atoms with van der Waals surface area (Å²) in [4.78, 5) is 123. The highest BCUT2D eigenvalue weighted by molar-refractivity contribution is 5.99. The second-order valence-corrected chi connectivity index (χ2v) is 16.3. The number of benzene rings is 2. The molecule has 0 aliphatic carbocycles. The first-order chi connectivity index (χ1) is 30.6. The molecule has 21 nitrogen and oxygen atoms in total. The molecule has 8 amide bonds. The first-order valence-electron chi connectivity index (χ1n) is 21.0. The third-order valence-corrected chi connectivity index (χ3v) is 11.5. The molecule has 3 aromatic rings. The molecule has 1 aromatic heterocycles. The van der Waals surface area contributed by atoms with Crippen molar-refractivity contribution in [2.75, 3.05) is 26.8 Å². The average Bonchev–Trinajstić information content (AvgIpc) is 4.04. The molecule has 2 bridgehead atoms. The Balaban J connectivity index is 1.39. The van der Waals surface area contributed by atoms with E-state index in [2.05, 4.69) is 37.2 Å². The first-order valence-corrected chi connectivity index (χ1v) is 21.0. The number of hydrogen-bond donors (Lipinski definition) is 9. The number of hydrogen-bond acceptors (Lipinski definition) is 12. The number of phenolic OH excluding ortho intramolecular Hbond substituents is 1. The van der Waals surface area contributed by atoms with Crippen molar-refractivity contribution in [1.82, 2.24) is 46.7 Å². The van der Waals surface area contributed by atoms with Crippen molar-refractivity contribution in [1.29, 1.82) is 0 Å². The third-order valence-electron chi connectivity index (χ3n) is 11.5. The third kappa shape index (κ3) is 10.8. The number of nitrogens with one attached hydrogen (secondary N) is 7. The molecule has 21 heteroatoms. The number of methoxy groups -OCH3 is 1. The largest absolute Gasteiger partial charge is 0.508 e. The van der Waals surface area contributed by atoms with Crippen molar-refractivity contribution in [3.05, 3.63) is 65.9 Å². The van der Waals surface area contributed by atoms with Gasteiger partial charge in [-0.1, -0.05) is 44.2 Å². The van der Waals surface area contributed by atoms with Crippen LogP contribution in [0.5, 0.6) is 5.75 Å². The molecule has 9 N–H and O–H groups in total. The van der Waals surface area contributed by atoms with E-state index in [1.54, 1.807) is 50.2 Å². The Kier molecular flexibility index (Phi) is 14.8. The highest BCUT2D eigenvalue weighted by atomic mass is 16.5. The summed E-state index contributed by atoms with van der Waals surface area (Å²) in [5.41, 5.74) is 1.28. The molecule has 2 fully saturated rings. The van der Waals surface area contributed by atoms with Crippen LogP contribution in [0.25, 0.3) is 10.9 Å². The highest BCUT2D eigenvalue weighted by Gasteiger charge is 2.41. The van der Waals surface area contributed by atoms with Crippen molar-refractivity contribution < 1.29 is 58.1 Å². The van der Waals surface area contributed by atoms with E-state index in [-0.39, 0.29) is 50.3 Å². The fourth-order valence-corrected chi connectivity index (χ4v) is 8.11. The summed E-state index contributed by atoms with van der Waals surface area (Å²) >= 11 is 0. The maximum atomic E-state index is 14.7. The van der Waals surface area contributed by atoms with E-state index >= 15 is 0 Å². The van der Waals surface area contributed by atoms with Gasteiger partial charge in [-0.15, -0.1) is 0 Å². The quantitative estimate of drug-likeness (QED) is 0.0991. The normalized spacial score (nSPS) is 23.8. The minimum atomic E-state index is -1.65. The fraction of sp³-hybridized carbons (Fsp3) is 0.465. The number of aromatic nitrogens is 1. The number of carbonyl (C=O) groups is 9. The van der Waals surface area contributed by atoms with Crippen LogP contribution in [0.4, 0.5) is 0 Å². The summed E-state index contributed by atoms with van der Waals surface area (Å²) < 4.78 is 6.39. The topological polar surface area (TPSA) is 296 Å². The number of ether oxygens (including phenoxy) is 1. The first kappa shape index (κ1) is 46.5. The Morgan fingerprint density at radius 1 is 0.875 bits per heavy atom. The van der Waals surface area contributed by atoms with Gasteiger partial charge in [0.25, 0.3) is 5.91 Å². The van der Waals surface area contributed by atoms with Crippen LogP contribution in [0.3, 0.4) is 0 Å². The van der Waals surface area contributed by atoms with Crippen LogP contribution in [-0.4, -0.2) is 136 Å². The lowest BCUT2D eigenvalue weighted by atomic mass is 10.0. The minimum Gasteiger partial charge on any atom is -0.508 e. The minimum absolute atomic E-state index is 0.0480. The van der Waals surface area contributed by atoms with Crippen LogP contribution in [0.2, 0.25) is 0 Å². The Morgan fingerprint density at radius 2 is 1.61 bits per heavy atom. The predicted octanol–water partition coefficient (Wildman–Crippen LogP) is -2.09. The molecule has 3 aliphatic heterocycles. The average molecular weight is 888 g/mol. The monoisotopic (exact) mass is 887 g/mol. The van der Waals surface area contributed by atoms with Crippen LogP contribution in [-0.2, 0) is 60.7 Å². The van der Waals surface area contributed by atoms with Crippen LogP contribution >= 0.6 is 0 Å². The summed E-state index contributed by atoms with van der Waals surface area (Å²) in [6.07, 6.45) is 0.695. The molecule has 3 aliphatic rings. The molecule has 6 rings (SSSR count). The molecule has 4 heterocycles.